The summed E-state index contributed by atoms with van der Waals surface area (Å²) in [7, 11) is -2.77. The molecule has 0 unspecified atom stereocenters. The third-order valence-electron chi connectivity index (χ3n) is 5.03. The molecule has 1 amide bonds. The summed E-state index contributed by atoms with van der Waals surface area (Å²) in [5, 5.41) is 2.46. The van der Waals surface area contributed by atoms with Crippen molar-refractivity contribution in [3.63, 3.8) is 0 Å². The Hall–Kier alpha value is -2.66. The summed E-state index contributed by atoms with van der Waals surface area (Å²) in [6, 6.07) is 7.47. The largest absolute Gasteiger partial charge is 0.495 e. The Kier molecular flexibility index (Phi) is 6.56. The summed E-state index contributed by atoms with van der Waals surface area (Å²) in [5.74, 6) is -1.78. The van der Waals surface area contributed by atoms with Gasteiger partial charge in [0.15, 0.2) is 0 Å². The molecular weight excluding hydrogens is 440 g/mol. The molecule has 0 bridgehead atoms. The van der Waals surface area contributed by atoms with Crippen molar-refractivity contribution in [1.82, 2.24) is 4.31 Å². The Morgan fingerprint density at radius 3 is 2.42 bits per heavy atom. The number of hydrogen-bond acceptors (Lipinski definition) is 4. The average Bonchev–Trinajstić information content (AvgIpc) is 2.73. The van der Waals surface area contributed by atoms with Gasteiger partial charge in [0.25, 0.3) is 0 Å². The van der Waals surface area contributed by atoms with E-state index in [0.29, 0.717) is 0 Å². The van der Waals surface area contributed by atoms with Gasteiger partial charge in [-0.3, -0.25) is 4.79 Å². The third kappa shape index (κ3) is 5.16. The van der Waals surface area contributed by atoms with E-state index < -0.39 is 39.4 Å². The number of sulfonamides is 1. The molecule has 1 aliphatic heterocycles. The van der Waals surface area contributed by atoms with Crippen molar-refractivity contribution in [1.29, 1.82) is 0 Å². The van der Waals surface area contributed by atoms with Crippen molar-refractivity contribution >= 4 is 21.6 Å². The number of carbonyl (C=O) groups is 1. The van der Waals surface area contributed by atoms with Crippen LogP contribution in [0.4, 0.5) is 23.2 Å². The van der Waals surface area contributed by atoms with Crippen molar-refractivity contribution < 1.29 is 35.5 Å². The molecule has 168 valence electrons. The Labute approximate surface area is 176 Å². The lowest BCUT2D eigenvalue weighted by Gasteiger charge is -2.31. The second-order valence-corrected chi connectivity index (χ2v) is 8.95. The highest BCUT2D eigenvalue weighted by Gasteiger charge is 2.34. The van der Waals surface area contributed by atoms with E-state index in [4.69, 9.17) is 4.74 Å². The molecular formula is C20H20F4N2O4S. The van der Waals surface area contributed by atoms with E-state index in [-0.39, 0.29) is 42.3 Å². The Morgan fingerprint density at radius 2 is 1.81 bits per heavy atom. The van der Waals surface area contributed by atoms with Gasteiger partial charge in [-0.25, -0.2) is 12.8 Å². The normalized spacial score (nSPS) is 16.2. The van der Waals surface area contributed by atoms with Gasteiger partial charge in [-0.05, 0) is 49.2 Å². The predicted octanol–water partition coefficient (Wildman–Crippen LogP) is 3.89. The Balaban J connectivity index is 1.67. The molecule has 0 spiro atoms. The number of carbonyl (C=O) groups excluding carboxylic acids is 1. The molecule has 2 aromatic carbocycles. The zero-order valence-electron chi connectivity index (χ0n) is 16.4. The fourth-order valence-electron chi connectivity index (χ4n) is 3.37. The maximum atomic E-state index is 13.6. The van der Waals surface area contributed by atoms with Crippen LogP contribution in [0, 0.1) is 11.7 Å². The minimum atomic E-state index is -4.53. The molecule has 2 aromatic rings. The van der Waals surface area contributed by atoms with Crippen molar-refractivity contribution in [3.8, 4) is 5.75 Å². The zero-order valence-corrected chi connectivity index (χ0v) is 17.3. The smallest absolute Gasteiger partial charge is 0.416 e. The first-order valence-electron chi connectivity index (χ1n) is 9.34. The number of amides is 1. The van der Waals surface area contributed by atoms with E-state index in [1.54, 1.807) is 0 Å². The number of nitrogens with one attached hydrogen (secondary N) is 1. The number of hydrogen-bond donors (Lipinski definition) is 1. The zero-order chi connectivity index (χ0) is 22.8. The highest BCUT2D eigenvalue weighted by atomic mass is 32.2. The Bertz CT molecular complexity index is 1070. The van der Waals surface area contributed by atoms with Crippen LogP contribution >= 0.6 is 0 Å². The molecule has 1 heterocycles. The molecule has 1 fully saturated rings. The number of piperidine rings is 1. The molecule has 11 heteroatoms. The van der Waals surface area contributed by atoms with Crippen molar-refractivity contribution in [3.05, 3.63) is 53.8 Å². The van der Waals surface area contributed by atoms with E-state index >= 15 is 0 Å². The summed E-state index contributed by atoms with van der Waals surface area (Å²) in [6.45, 7) is 0.00531. The molecule has 0 atom stereocenters. The van der Waals surface area contributed by atoms with Gasteiger partial charge in [0, 0.05) is 24.7 Å². The van der Waals surface area contributed by atoms with Crippen LogP contribution in [-0.2, 0) is 21.0 Å². The summed E-state index contributed by atoms with van der Waals surface area (Å²) < 4.78 is 84.0. The van der Waals surface area contributed by atoms with Crippen LogP contribution in [0.3, 0.4) is 0 Å². The highest BCUT2D eigenvalue weighted by Crippen LogP contribution is 2.32. The van der Waals surface area contributed by atoms with Gasteiger partial charge in [0.05, 0.1) is 12.7 Å². The standard InChI is InChI=1S/C20H20F4N2O4S/c1-30-17-6-5-15(21)12-18(17)31(28,29)26-9-7-13(8-10-26)19(27)25-16-4-2-3-14(11-16)20(22,23)24/h2-6,11-13H,7-10H2,1H3,(H,25,27). The van der Waals surface area contributed by atoms with Crippen LogP contribution in [0.1, 0.15) is 18.4 Å². The summed E-state index contributed by atoms with van der Waals surface area (Å²) in [4.78, 5) is 12.2. The van der Waals surface area contributed by atoms with E-state index in [2.05, 4.69) is 5.32 Å². The second kappa shape index (κ2) is 8.83. The van der Waals surface area contributed by atoms with Crippen molar-refractivity contribution in [2.45, 2.75) is 23.9 Å². The molecule has 6 nitrogen and oxygen atoms in total. The molecule has 0 aliphatic carbocycles. The monoisotopic (exact) mass is 460 g/mol. The van der Waals surface area contributed by atoms with E-state index in [9.17, 15) is 30.8 Å². The number of methoxy groups -OCH3 is 1. The first kappa shape index (κ1) is 23.0. The predicted molar refractivity (Wildman–Crippen MR) is 105 cm³/mol. The fraction of sp³-hybridized carbons (Fsp3) is 0.350. The number of alkyl halides is 3. The van der Waals surface area contributed by atoms with Gasteiger partial charge >= 0.3 is 6.18 Å². The van der Waals surface area contributed by atoms with Gasteiger partial charge in [0.1, 0.15) is 16.5 Å². The first-order chi connectivity index (χ1) is 14.5. The molecule has 3 rings (SSSR count). The molecule has 31 heavy (non-hydrogen) atoms. The van der Waals surface area contributed by atoms with Gasteiger partial charge in [-0.2, -0.15) is 17.5 Å². The number of anilines is 1. The molecule has 0 saturated carbocycles. The summed E-state index contributed by atoms with van der Waals surface area (Å²) >= 11 is 0. The van der Waals surface area contributed by atoms with Gasteiger partial charge in [-0.1, -0.05) is 6.07 Å². The minimum absolute atomic E-state index is 0.00266. The van der Waals surface area contributed by atoms with Crippen LogP contribution in [0.2, 0.25) is 0 Å². The first-order valence-corrected chi connectivity index (χ1v) is 10.8. The summed E-state index contributed by atoms with van der Waals surface area (Å²) in [5.41, 5.74) is -0.866. The van der Waals surface area contributed by atoms with Crippen LogP contribution in [-0.4, -0.2) is 38.8 Å². The number of rotatable bonds is 5. The molecule has 0 aromatic heterocycles. The molecule has 1 aliphatic rings. The van der Waals surface area contributed by atoms with Gasteiger partial charge in [-0.15, -0.1) is 0 Å². The quantitative estimate of drug-likeness (QED) is 0.687. The van der Waals surface area contributed by atoms with E-state index in [1.807, 2.05) is 0 Å². The number of halogens is 4. The topological polar surface area (TPSA) is 75.7 Å². The fourth-order valence-corrected chi connectivity index (χ4v) is 5.00. The van der Waals surface area contributed by atoms with Crippen molar-refractivity contribution in [2.24, 2.45) is 5.92 Å². The maximum Gasteiger partial charge on any atom is 0.416 e. The minimum Gasteiger partial charge on any atom is -0.495 e. The van der Waals surface area contributed by atoms with Crippen LogP contribution in [0.15, 0.2) is 47.4 Å². The highest BCUT2D eigenvalue weighted by molar-refractivity contribution is 7.89. The lowest BCUT2D eigenvalue weighted by Crippen LogP contribution is -2.41. The number of ether oxygens (including phenoxy) is 1. The SMILES string of the molecule is COc1ccc(F)cc1S(=O)(=O)N1CCC(C(=O)Nc2cccc(C(F)(F)F)c2)CC1. The maximum absolute atomic E-state index is 13.6. The molecule has 0 radical (unpaired) electrons. The van der Waals surface area contributed by atoms with Gasteiger partial charge in [0.2, 0.25) is 15.9 Å². The van der Waals surface area contributed by atoms with Crippen molar-refractivity contribution in [2.75, 3.05) is 25.5 Å². The number of nitrogens with zero attached hydrogens (tertiary/aromatic N) is 1. The van der Waals surface area contributed by atoms with Gasteiger partial charge < -0.3 is 10.1 Å². The van der Waals surface area contributed by atoms with E-state index in [0.717, 1.165) is 28.6 Å². The second-order valence-electron chi connectivity index (χ2n) is 7.04. The average molecular weight is 460 g/mol. The van der Waals surface area contributed by atoms with Crippen LogP contribution < -0.4 is 10.1 Å². The summed E-state index contributed by atoms with van der Waals surface area (Å²) in [6.07, 6.45) is -4.19. The third-order valence-corrected chi connectivity index (χ3v) is 6.95. The lowest BCUT2D eigenvalue weighted by molar-refractivity contribution is -0.137. The number of benzene rings is 2. The molecule has 1 saturated heterocycles. The lowest BCUT2D eigenvalue weighted by atomic mass is 9.97. The van der Waals surface area contributed by atoms with E-state index in [1.165, 1.54) is 25.3 Å². The molecule has 1 N–H and O–H groups in total. The Morgan fingerprint density at radius 1 is 1.13 bits per heavy atom. The van der Waals surface area contributed by atoms with Crippen LogP contribution in [0.5, 0.6) is 5.75 Å². The van der Waals surface area contributed by atoms with Crippen LogP contribution in [0.25, 0.3) is 0 Å².